The minimum absolute atomic E-state index is 0. The van der Waals surface area contributed by atoms with Crippen molar-refractivity contribution in [3.8, 4) is 0 Å². The zero-order valence-electron chi connectivity index (χ0n) is 7.90. The summed E-state index contributed by atoms with van der Waals surface area (Å²) in [6.07, 6.45) is 4.31. The lowest BCUT2D eigenvalue weighted by Gasteiger charge is -2.06. The van der Waals surface area contributed by atoms with E-state index in [-0.39, 0.29) is 30.6 Å². The maximum absolute atomic E-state index is 11.1. The Kier molecular flexibility index (Phi) is 8.83. The fourth-order valence-electron chi connectivity index (χ4n) is 1.01. The molecule has 0 aliphatic rings. The number of halogens is 2. The number of rotatable bonds is 4. The van der Waals surface area contributed by atoms with Gasteiger partial charge in [-0.1, -0.05) is 6.92 Å². The summed E-state index contributed by atoms with van der Waals surface area (Å²) in [6, 6.07) is -0.393. The van der Waals surface area contributed by atoms with Crippen LogP contribution >= 0.6 is 24.8 Å². The summed E-state index contributed by atoms with van der Waals surface area (Å²) in [4.78, 5) is 17.8. The molecule has 4 nitrogen and oxygen atoms in total. The van der Waals surface area contributed by atoms with Crippen molar-refractivity contribution in [3.63, 3.8) is 0 Å². The van der Waals surface area contributed by atoms with Crippen LogP contribution in [0.25, 0.3) is 0 Å². The molecular weight excluding hydrogens is 225 g/mol. The molecule has 6 heteroatoms. The molecule has 1 unspecified atom stereocenters. The summed E-state index contributed by atoms with van der Waals surface area (Å²) in [5.74, 6) is 0.0876. The van der Waals surface area contributed by atoms with Gasteiger partial charge < -0.3 is 10.7 Å². The summed E-state index contributed by atoms with van der Waals surface area (Å²) < 4.78 is 0. The Labute approximate surface area is 95.5 Å². The van der Waals surface area contributed by atoms with Crippen LogP contribution in [0.2, 0.25) is 0 Å². The van der Waals surface area contributed by atoms with Crippen LogP contribution in [-0.4, -0.2) is 21.8 Å². The molecule has 0 bridgehead atoms. The minimum atomic E-state index is -0.393. The summed E-state index contributed by atoms with van der Waals surface area (Å²) in [6.45, 7) is 1.81. The first-order valence-electron chi connectivity index (χ1n) is 3.99. The van der Waals surface area contributed by atoms with Gasteiger partial charge in [0.25, 0.3) is 0 Å². The number of carbonyl (C=O) groups excluding carboxylic acids is 1. The van der Waals surface area contributed by atoms with Crippen molar-refractivity contribution in [1.29, 1.82) is 0 Å². The summed E-state index contributed by atoms with van der Waals surface area (Å²) in [5, 5.41) is 0. The molecule has 3 N–H and O–H groups in total. The lowest BCUT2D eigenvalue weighted by atomic mass is 10.1. The van der Waals surface area contributed by atoms with Crippen LogP contribution < -0.4 is 5.73 Å². The first kappa shape index (κ1) is 15.9. The molecular formula is C8H15Cl2N3O. The third-order valence-electron chi connectivity index (χ3n) is 1.76. The minimum Gasteiger partial charge on any atom is -0.348 e. The van der Waals surface area contributed by atoms with Gasteiger partial charge in [0, 0.05) is 24.7 Å². The van der Waals surface area contributed by atoms with E-state index in [1.807, 2.05) is 6.92 Å². The van der Waals surface area contributed by atoms with Crippen LogP contribution in [0.1, 0.15) is 19.0 Å². The highest BCUT2D eigenvalue weighted by Crippen LogP contribution is 1.98. The third kappa shape index (κ3) is 4.60. The first-order chi connectivity index (χ1) is 5.74. The number of nitrogens with two attached hydrogens (primary N) is 1. The maximum Gasteiger partial charge on any atom is 0.149 e. The highest BCUT2D eigenvalue weighted by molar-refractivity contribution is 5.85. The molecule has 1 heterocycles. The fraction of sp³-hybridized carbons (Fsp3) is 0.500. The van der Waals surface area contributed by atoms with Gasteiger partial charge in [-0.3, -0.25) is 4.79 Å². The number of hydrogen-bond donors (Lipinski definition) is 2. The van der Waals surface area contributed by atoms with Crippen molar-refractivity contribution in [2.75, 3.05) is 0 Å². The number of ketones is 1. The summed E-state index contributed by atoms with van der Waals surface area (Å²) >= 11 is 0. The van der Waals surface area contributed by atoms with Gasteiger partial charge in [-0.15, -0.1) is 24.8 Å². The summed E-state index contributed by atoms with van der Waals surface area (Å²) in [5.41, 5.74) is 6.53. The second-order valence-corrected chi connectivity index (χ2v) is 2.71. The quantitative estimate of drug-likeness (QED) is 0.827. The Hall–Kier alpha value is -0.580. The molecule has 82 valence electrons. The van der Waals surface area contributed by atoms with Crippen LogP contribution in [0.4, 0.5) is 0 Å². The Morgan fingerprint density at radius 3 is 2.71 bits per heavy atom. The molecule has 0 saturated heterocycles. The van der Waals surface area contributed by atoms with Crippen molar-refractivity contribution in [1.82, 2.24) is 9.97 Å². The van der Waals surface area contributed by atoms with Crippen molar-refractivity contribution in [2.24, 2.45) is 5.73 Å². The van der Waals surface area contributed by atoms with Crippen molar-refractivity contribution in [3.05, 3.63) is 18.2 Å². The normalized spacial score (nSPS) is 11.0. The standard InChI is InChI=1S/C8H13N3O.2ClH/c1-2-8(12)7(9)3-6-4-10-5-11-6;;/h4-5,7H,2-3,9H2,1H3,(H,10,11);2*1H. The average Bonchev–Trinajstić information content (AvgIpc) is 2.55. The smallest absolute Gasteiger partial charge is 0.149 e. The molecule has 1 aromatic rings. The number of nitrogens with zero attached hydrogens (tertiary/aromatic N) is 1. The Bertz CT molecular complexity index is 251. The van der Waals surface area contributed by atoms with Gasteiger partial charge in [0.05, 0.1) is 12.4 Å². The molecule has 0 radical (unpaired) electrons. The van der Waals surface area contributed by atoms with Gasteiger partial charge >= 0.3 is 0 Å². The molecule has 0 fully saturated rings. The maximum atomic E-state index is 11.1. The predicted molar refractivity (Wildman–Crippen MR) is 60.1 cm³/mol. The number of aromatic amines is 1. The molecule has 0 aromatic carbocycles. The number of nitrogens with one attached hydrogen (secondary N) is 1. The second kappa shape index (κ2) is 7.79. The van der Waals surface area contributed by atoms with Gasteiger partial charge in [-0.25, -0.2) is 4.98 Å². The number of hydrogen-bond acceptors (Lipinski definition) is 3. The van der Waals surface area contributed by atoms with E-state index >= 15 is 0 Å². The molecule has 0 saturated carbocycles. The number of Topliss-reactive ketones (excluding diaryl/α,β-unsaturated/α-hetero) is 1. The molecule has 0 aliphatic carbocycles. The number of aromatic nitrogens is 2. The SMILES string of the molecule is CCC(=O)C(N)Cc1cnc[nH]1.Cl.Cl. The van der Waals surface area contributed by atoms with Gasteiger partial charge in [0.1, 0.15) is 5.78 Å². The number of H-pyrrole nitrogens is 1. The van der Waals surface area contributed by atoms with E-state index in [4.69, 9.17) is 5.73 Å². The van der Waals surface area contributed by atoms with E-state index < -0.39 is 6.04 Å². The third-order valence-corrected chi connectivity index (χ3v) is 1.76. The monoisotopic (exact) mass is 239 g/mol. The Balaban J connectivity index is 0. The van der Waals surface area contributed by atoms with Crippen LogP contribution in [0.5, 0.6) is 0 Å². The van der Waals surface area contributed by atoms with E-state index in [2.05, 4.69) is 9.97 Å². The zero-order chi connectivity index (χ0) is 8.97. The van der Waals surface area contributed by atoms with E-state index in [9.17, 15) is 4.79 Å². The Morgan fingerprint density at radius 1 is 1.64 bits per heavy atom. The summed E-state index contributed by atoms with van der Waals surface area (Å²) in [7, 11) is 0. The first-order valence-corrected chi connectivity index (χ1v) is 3.99. The van der Waals surface area contributed by atoms with Crippen molar-refractivity contribution < 1.29 is 4.79 Å². The van der Waals surface area contributed by atoms with E-state index in [1.54, 1.807) is 12.5 Å². The molecule has 0 aliphatic heterocycles. The highest BCUT2D eigenvalue weighted by Gasteiger charge is 2.11. The van der Waals surface area contributed by atoms with Gasteiger partial charge in [-0.05, 0) is 0 Å². The largest absolute Gasteiger partial charge is 0.348 e. The number of carbonyl (C=O) groups is 1. The van der Waals surface area contributed by atoms with Gasteiger partial charge in [0.15, 0.2) is 0 Å². The van der Waals surface area contributed by atoms with Crippen LogP contribution in [0.3, 0.4) is 0 Å². The lowest BCUT2D eigenvalue weighted by Crippen LogP contribution is -2.32. The van der Waals surface area contributed by atoms with Gasteiger partial charge in [0.2, 0.25) is 0 Å². The van der Waals surface area contributed by atoms with E-state index in [0.717, 1.165) is 5.69 Å². The molecule has 1 atom stereocenters. The van der Waals surface area contributed by atoms with E-state index in [0.29, 0.717) is 12.8 Å². The topological polar surface area (TPSA) is 71.8 Å². The predicted octanol–water partition coefficient (Wildman–Crippen LogP) is 1.10. The van der Waals surface area contributed by atoms with Crippen molar-refractivity contribution >= 4 is 30.6 Å². The van der Waals surface area contributed by atoms with E-state index in [1.165, 1.54) is 0 Å². The lowest BCUT2D eigenvalue weighted by molar-refractivity contribution is -0.119. The highest BCUT2D eigenvalue weighted by atomic mass is 35.5. The molecule has 1 aromatic heterocycles. The second-order valence-electron chi connectivity index (χ2n) is 2.71. The molecule has 0 spiro atoms. The average molecular weight is 240 g/mol. The van der Waals surface area contributed by atoms with Crippen LogP contribution in [0.15, 0.2) is 12.5 Å². The molecule has 14 heavy (non-hydrogen) atoms. The van der Waals surface area contributed by atoms with Crippen LogP contribution in [-0.2, 0) is 11.2 Å². The fourth-order valence-corrected chi connectivity index (χ4v) is 1.01. The Morgan fingerprint density at radius 2 is 2.29 bits per heavy atom. The number of imidazole rings is 1. The van der Waals surface area contributed by atoms with Gasteiger partial charge in [-0.2, -0.15) is 0 Å². The van der Waals surface area contributed by atoms with Crippen molar-refractivity contribution in [2.45, 2.75) is 25.8 Å². The molecule has 1 rings (SSSR count). The molecule has 0 amide bonds. The van der Waals surface area contributed by atoms with Crippen LogP contribution in [0, 0.1) is 0 Å². The zero-order valence-corrected chi connectivity index (χ0v) is 9.53.